The van der Waals surface area contributed by atoms with Crippen molar-refractivity contribution in [2.75, 3.05) is 10.8 Å². The van der Waals surface area contributed by atoms with Gasteiger partial charge in [-0.25, -0.2) is 13.8 Å². The summed E-state index contributed by atoms with van der Waals surface area (Å²) in [5.41, 5.74) is 4.09. The van der Waals surface area contributed by atoms with Gasteiger partial charge in [-0.1, -0.05) is 37.1 Å². The molecule has 0 aromatic heterocycles. The highest BCUT2D eigenvalue weighted by Gasteiger charge is 2.36. The number of anilines is 1. The van der Waals surface area contributed by atoms with Crippen LogP contribution in [0, 0.1) is 0 Å². The SMILES string of the molecule is O=C(CN1c2cccc3cccc(c23)S1(=O)=O)NN=C1CCCCCC1. The molecule has 1 heterocycles. The fourth-order valence-electron chi connectivity index (χ4n) is 3.68. The van der Waals surface area contributed by atoms with Gasteiger partial charge in [0.2, 0.25) is 0 Å². The minimum atomic E-state index is -3.72. The zero-order chi connectivity index (χ0) is 18.1. The van der Waals surface area contributed by atoms with Gasteiger partial charge >= 0.3 is 0 Å². The molecule has 1 N–H and O–H groups in total. The molecule has 26 heavy (non-hydrogen) atoms. The van der Waals surface area contributed by atoms with Crippen LogP contribution >= 0.6 is 0 Å². The number of hydrogen-bond donors (Lipinski definition) is 1. The van der Waals surface area contributed by atoms with E-state index in [0.717, 1.165) is 36.8 Å². The van der Waals surface area contributed by atoms with E-state index in [1.165, 1.54) is 17.1 Å². The number of amides is 1. The Morgan fingerprint density at radius 1 is 1.04 bits per heavy atom. The second-order valence-electron chi connectivity index (χ2n) is 6.77. The first kappa shape index (κ1) is 17.0. The number of hydrogen-bond acceptors (Lipinski definition) is 4. The van der Waals surface area contributed by atoms with Gasteiger partial charge < -0.3 is 0 Å². The number of rotatable bonds is 3. The van der Waals surface area contributed by atoms with Crippen molar-refractivity contribution in [2.45, 2.75) is 43.4 Å². The largest absolute Gasteiger partial charge is 0.271 e. The molecule has 0 saturated heterocycles. The van der Waals surface area contributed by atoms with Crippen LogP contribution in [0.4, 0.5) is 5.69 Å². The van der Waals surface area contributed by atoms with Gasteiger partial charge in [0, 0.05) is 11.1 Å². The minimum Gasteiger partial charge on any atom is -0.271 e. The Morgan fingerprint density at radius 3 is 2.46 bits per heavy atom. The maximum absolute atomic E-state index is 12.9. The normalized spacial score (nSPS) is 18.6. The number of hydrazone groups is 1. The van der Waals surface area contributed by atoms with Crippen molar-refractivity contribution in [3.05, 3.63) is 36.4 Å². The van der Waals surface area contributed by atoms with E-state index in [2.05, 4.69) is 10.5 Å². The molecular weight excluding hydrogens is 350 g/mol. The predicted molar refractivity (Wildman–Crippen MR) is 102 cm³/mol. The standard InChI is InChI=1S/C19H21N3O3S/c23-18(21-20-15-9-3-1-2-4-10-15)13-22-16-11-5-7-14-8-6-12-17(19(14)16)26(22,24)25/h5-8,11-12H,1-4,9-10,13H2,(H,21,23). The molecule has 2 aliphatic rings. The predicted octanol–water partition coefficient (Wildman–Crippen LogP) is 3.17. The van der Waals surface area contributed by atoms with Crippen LogP contribution in [-0.4, -0.2) is 26.6 Å². The van der Waals surface area contributed by atoms with Gasteiger partial charge in [-0.3, -0.25) is 9.10 Å². The maximum atomic E-state index is 12.9. The lowest BCUT2D eigenvalue weighted by Crippen LogP contribution is -2.37. The second kappa shape index (κ2) is 6.72. The van der Waals surface area contributed by atoms with Crippen LogP contribution in [0.25, 0.3) is 10.8 Å². The number of nitrogens with zero attached hydrogens (tertiary/aromatic N) is 2. The third-order valence-corrected chi connectivity index (χ3v) is 6.79. The number of carbonyl (C=O) groups is 1. The van der Waals surface area contributed by atoms with Gasteiger partial charge in [0.1, 0.15) is 6.54 Å². The van der Waals surface area contributed by atoms with E-state index in [1.54, 1.807) is 24.3 Å². The summed E-state index contributed by atoms with van der Waals surface area (Å²) >= 11 is 0. The Kier molecular flexibility index (Phi) is 4.40. The van der Waals surface area contributed by atoms with Gasteiger partial charge in [-0.15, -0.1) is 0 Å². The molecule has 1 aliphatic carbocycles. The summed E-state index contributed by atoms with van der Waals surface area (Å²) in [6.45, 7) is -0.271. The molecule has 0 radical (unpaired) electrons. The smallest absolute Gasteiger partial charge is 0.265 e. The quantitative estimate of drug-likeness (QED) is 0.665. The fraction of sp³-hybridized carbons (Fsp3) is 0.368. The first-order valence-electron chi connectivity index (χ1n) is 8.96. The van der Waals surface area contributed by atoms with E-state index in [1.807, 2.05) is 12.1 Å². The zero-order valence-electron chi connectivity index (χ0n) is 14.4. The highest BCUT2D eigenvalue weighted by molar-refractivity contribution is 7.93. The number of nitrogens with one attached hydrogen (secondary N) is 1. The second-order valence-corrected chi connectivity index (χ2v) is 8.60. The Labute approximate surface area is 152 Å². The Balaban J connectivity index is 1.56. The van der Waals surface area contributed by atoms with Crippen molar-refractivity contribution < 1.29 is 13.2 Å². The summed E-state index contributed by atoms with van der Waals surface area (Å²) in [5.74, 6) is -0.421. The van der Waals surface area contributed by atoms with E-state index >= 15 is 0 Å². The van der Waals surface area contributed by atoms with E-state index in [-0.39, 0.29) is 11.4 Å². The summed E-state index contributed by atoms with van der Waals surface area (Å²) in [6.07, 6.45) is 6.36. The molecule has 1 saturated carbocycles. The first-order valence-corrected chi connectivity index (χ1v) is 10.4. The number of carbonyl (C=O) groups excluding carboxylic acids is 1. The van der Waals surface area contributed by atoms with E-state index in [4.69, 9.17) is 0 Å². The summed E-state index contributed by atoms with van der Waals surface area (Å²) in [5, 5.41) is 5.76. The van der Waals surface area contributed by atoms with Crippen LogP contribution in [0.15, 0.2) is 46.4 Å². The lowest BCUT2D eigenvalue weighted by Gasteiger charge is -2.17. The van der Waals surface area contributed by atoms with Crippen LogP contribution in [0.1, 0.15) is 38.5 Å². The summed E-state index contributed by atoms with van der Waals surface area (Å²) in [6, 6.07) is 10.6. The maximum Gasteiger partial charge on any atom is 0.265 e. The molecule has 1 fully saturated rings. The molecule has 6 nitrogen and oxygen atoms in total. The summed E-state index contributed by atoms with van der Waals surface area (Å²) in [4.78, 5) is 12.6. The molecule has 0 atom stereocenters. The Bertz CT molecular complexity index is 983. The zero-order valence-corrected chi connectivity index (χ0v) is 15.3. The van der Waals surface area contributed by atoms with Crippen LogP contribution in [-0.2, 0) is 14.8 Å². The lowest BCUT2D eigenvalue weighted by atomic mass is 10.1. The molecule has 0 unspecified atom stereocenters. The van der Waals surface area contributed by atoms with Crippen molar-refractivity contribution in [3.8, 4) is 0 Å². The lowest BCUT2D eigenvalue weighted by molar-refractivity contribution is -0.119. The van der Waals surface area contributed by atoms with E-state index < -0.39 is 15.9 Å². The van der Waals surface area contributed by atoms with Crippen LogP contribution in [0.3, 0.4) is 0 Å². The van der Waals surface area contributed by atoms with E-state index in [9.17, 15) is 13.2 Å². The average molecular weight is 371 g/mol. The van der Waals surface area contributed by atoms with Crippen LogP contribution in [0.2, 0.25) is 0 Å². The molecule has 2 aromatic rings. The third-order valence-electron chi connectivity index (χ3n) is 4.99. The topological polar surface area (TPSA) is 78.8 Å². The van der Waals surface area contributed by atoms with Crippen molar-refractivity contribution in [1.29, 1.82) is 0 Å². The monoisotopic (exact) mass is 371 g/mol. The minimum absolute atomic E-state index is 0.258. The molecule has 1 aliphatic heterocycles. The molecule has 2 aromatic carbocycles. The number of benzene rings is 2. The van der Waals surface area contributed by atoms with Crippen molar-refractivity contribution in [1.82, 2.24) is 5.43 Å². The molecule has 7 heteroatoms. The highest BCUT2D eigenvalue weighted by Crippen LogP contribution is 2.41. The fourth-order valence-corrected chi connectivity index (χ4v) is 5.35. The third kappa shape index (κ3) is 2.96. The molecular formula is C19H21N3O3S. The Morgan fingerprint density at radius 2 is 1.73 bits per heavy atom. The van der Waals surface area contributed by atoms with Gasteiger partial charge in [0.15, 0.2) is 0 Å². The van der Waals surface area contributed by atoms with Crippen LogP contribution in [0.5, 0.6) is 0 Å². The van der Waals surface area contributed by atoms with Gasteiger partial charge in [-0.2, -0.15) is 5.10 Å². The van der Waals surface area contributed by atoms with Gasteiger partial charge in [-0.05, 0) is 43.2 Å². The molecule has 0 bridgehead atoms. The van der Waals surface area contributed by atoms with Crippen molar-refractivity contribution >= 4 is 38.1 Å². The molecule has 136 valence electrons. The highest BCUT2D eigenvalue weighted by atomic mass is 32.2. The van der Waals surface area contributed by atoms with Gasteiger partial charge in [0.05, 0.1) is 10.6 Å². The summed E-state index contributed by atoms with van der Waals surface area (Å²) < 4.78 is 26.9. The number of sulfonamides is 1. The average Bonchev–Trinajstić information content (AvgIpc) is 2.82. The van der Waals surface area contributed by atoms with Crippen molar-refractivity contribution in [3.63, 3.8) is 0 Å². The van der Waals surface area contributed by atoms with Crippen molar-refractivity contribution in [2.24, 2.45) is 5.10 Å². The van der Waals surface area contributed by atoms with E-state index in [0.29, 0.717) is 11.1 Å². The summed E-state index contributed by atoms with van der Waals surface area (Å²) in [7, 11) is -3.72. The Hall–Kier alpha value is -2.41. The van der Waals surface area contributed by atoms with Gasteiger partial charge in [0.25, 0.3) is 15.9 Å². The first-order chi connectivity index (χ1) is 12.6. The molecule has 1 amide bonds. The molecule has 4 rings (SSSR count). The molecule has 0 spiro atoms. The van der Waals surface area contributed by atoms with Crippen LogP contribution < -0.4 is 9.73 Å².